The normalized spacial score (nSPS) is 19.0. The topological polar surface area (TPSA) is 64.9 Å². The number of hydrazone groups is 1. The van der Waals surface area contributed by atoms with E-state index in [9.17, 15) is 4.79 Å². The Labute approximate surface area is 131 Å². The zero-order valence-corrected chi connectivity index (χ0v) is 13.0. The summed E-state index contributed by atoms with van der Waals surface area (Å²) in [6, 6.07) is 7.67. The first-order chi connectivity index (χ1) is 10.7. The molecule has 3 rings (SSSR count). The maximum Gasteiger partial charge on any atom is 0.251 e. The van der Waals surface area contributed by atoms with Gasteiger partial charge in [-0.2, -0.15) is 5.10 Å². The number of rotatable bonds is 6. The lowest BCUT2D eigenvalue weighted by Crippen LogP contribution is -2.37. The summed E-state index contributed by atoms with van der Waals surface area (Å²) in [5.41, 5.74) is 2.81. The third kappa shape index (κ3) is 3.47. The van der Waals surface area contributed by atoms with Gasteiger partial charge in [0.2, 0.25) is 0 Å². The van der Waals surface area contributed by atoms with Crippen LogP contribution in [0.25, 0.3) is 0 Å². The number of aliphatic hydroxyl groups is 1. The Morgan fingerprint density at radius 1 is 1.41 bits per heavy atom. The van der Waals surface area contributed by atoms with E-state index in [0.717, 1.165) is 37.2 Å². The average molecular weight is 301 g/mol. The maximum atomic E-state index is 12.3. The van der Waals surface area contributed by atoms with Gasteiger partial charge in [-0.25, -0.2) is 0 Å². The van der Waals surface area contributed by atoms with Crippen molar-refractivity contribution in [1.29, 1.82) is 0 Å². The molecule has 1 unspecified atom stereocenters. The monoisotopic (exact) mass is 301 g/mol. The molecule has 1 aliphatic carbocycles. The second kappa shape index (κ2) is 6.48. The van der Waals surface area contributed by atoms with Gasteiger partial charge in [0.05, 0.1) is 5.69 Å². The Morgan fingerprint density at radius 2 is 2.14 bits per heavy atom. The summed E-state index contributed by atoms with van der Waals surface area (Å²) in [7, 11) is 0. The quantitative estimate of drug-likeness (QED) is 0.846. The van der Waals surface area contributed by atoms with Crippen molar-refractivity contribution >= 4 is 17.3 Å². The smallest absolute Gasteiger partial charge is 0.251 e. The zero-order chi connectivity index (χ0) is 15.5. The number of hydrogen-bond donors (Lipinski definition) is 2. The summed E-state index contributed by atoms with van der Waals surface area (Å²) in [6.07, 6.45) is 3.93. The highest BCUT2D eigenvalue weighted by Gasteiger charge is 2.31. The standard InChI is InChI=1S/C17H23N3O2/c1-12-8-10-20(19-12)15-6-4-14(5-7-15)17(22)18-16(9-11-21)13-2-3-13/h4-7,13,16,21H,2-3,8-11H2,1H3,(H,18,22). The Bertz CT molecular complexity index is 564. The van der Waals surface area contributed by atoms with Gasteiger partial charge in [0.25, 0.3) is 5.91 Å². The predicted molar refractivity (Wildman–Crippen MR) is 87.2 cm³/mol. The van der Waals surface area contributed by atoms with Gasteiger partial charge in [0.1, 0.15) is 0 Å². The minimum Gasteiger partial charge on any atom is -0.396 e. The van der Waals surface area contributed by atoms with Crippen LogP contribution in [-0.2, 0) is 0 Å². The van der Waals surface area contributed by atoms with Crippen LogP contribution in [0.5, 0.6) is 0 Å². The molecule has 2 aliphatic rings. The summed E-state index contributed by atoms with van der Waals surface area (Å²) in [5, 5.41) is 18.6. The molecule has 1 heterocycles. The van der Waals surface area contributed by atoms with E-state index in [2.05, 4.69) is 10.4 Å². The van der Waals surface area contributed by atoms with Crippen molar-refractivity contribution in [3.05, 3.63) is 29.8 Å². The molecule has 0 aromatic heterocycles. The lowest BCUT2D eigenvalue weighted by atomic mass is 10.1. The Morgan fingerprint density at radius 3 is 2.68 bits per heavy atom. The van der Waals surface area contributed by atoms with Gasteiger partial charge >= 0.3 is 0 Å². The third-order valence-corrected chi connectivity index (χ3v) is 4.35. The maximum absolute atomic E-state index is 12.3. The fourth-order valence-corrected chi connectivity index (χ4v) is 2.86. The highest BCUT2D eigenvalue weighted by Crippen LogP contribution is 2.34. The van der Waals surface area contributed by atoms with Crippen molar-refractivity contribution in [1.82, 2.24) is 5.32 Å². The Balaban J connectivity index is 1.63. The van der Waals surface area contributed by atoms with Gasteiger partial charge in [-0.1, -0.05) is 0 Å². The van der Waals surface area contributed by atoms with Crippen molar-refractivity contribution in [2.45, 2.75) is 38.6 Å². The lowest BCUT2D eigenvalue weighted by molar-refractivity contribution is 0.0924. The predicted octanol–water partition coefficient (Wildman–Crippen LogP) is 2.16. The zero-order valence-electron chi connectivity index (χ0n) is 13.0. The van der Waals surface area contributed by atoms with E-state index >= 15 is 0 Å². The molecular formula is C17H23N3O2. The fraction of sp³-hybridized carbons (Fsp3) is 0.529. The molecule has 0 saturated heterocycles. The van der Waals surface area contributed by atoms with E-state index in [1.807, 2.05) is 36.2 Å². The molecule has 1 fully saturated rings. The van der Waals surface area contributed by atoms with Gasteiger partial charge in [-0.3, -0.25) is 9.80 Å². The Kier molecular flexibility index (Phi) is 4.43. The van der Waals surface area contributed by atoms with Crippen molar-refractivity contribution in [3.63, 3.8) is 0 Å². The molecule has 1 aliphatic heterocycles. The summed E-state index contributed by atoms with van der Waals surface area (Å²) in [4.78, 5) is 12.3. The fourth-order valence-electron chi connectivity index (χ4n) is 2.86. The molecule has 1 aromatic rings. The molecule has 1 saturated carbocycles. The Hall–Kier alpha value is -1.88. The van der Waals surface area contributed by atoms with Crippen LogP contribution in [0.15, 0.2) is 29.4 Å². The van der Waals surface area contributed by atoms with E-state index in [0.29, 0.717) is 17.9 Å². The first-order valence-corrected chi connectivity index (χ1v) is 8.01. The third-order valence-electron chi connectivity index (χ3n) is 4.35. The highest BCUT2D eigenvalue weighted by atomic mass is 16.3. The van der Waals surface area contributed by atoms with Crippen LogP contribution < -0.4 is 10.3 Å². The number of benzene rings is 1. The van der Waals surface area contributed by atoms with Gasteiger partial charge in [0.15, 0.2) is 0 Å². The molecule has 0 spiro atoms. The van der Waals surface area contributed by atoms with Crippen LogP contribution in [-0.4, -0.2) is 35.9 Å². The number of anilines is 1. The van der Waals surface area contributed by atoms with Crippen molar-refractivity contribution in [2.24, 2.45) is 11.0 Å². The molecule has 5 nitrogen and oxygen atoms in total. The summed E-state index contributed by atoms with van der Waals surface area (Å²) in [5.74, 6) is 0.482. The molecule has 1 amide bonds. The van der Waals surface area contributed by atoms with Crippen LogP contribution in [0.1, 0.15) is 43.0 Å². The van der Waals surface area contributed by atoms with E-state index < -0.39 is 0 Å². The minimum absolute atomic E-state index is 0.0574. The number of amides is 1. The van der Waals surface area contributed by atoms with Gasteiger partial charge < -0.3 is 10.4 Å². The van der Waals surface area contributed by atoms with Gasteiger partial charge in [0, 0.05) is 36.9 Å². The number of hydrogen-bond acceptors (Lipinski definition) is 4. The molecule has 1 atom stereocenters. The molecule has 1 aromatic carbocycles. The molecular weight excluding hydrogens is 278 g/mol. The molecule has 0 bridgehead atoms. The first kappa shape index (κ1) is 15.0. The lowest BCUT2D eigenvalue weighted by Gasteiger charge is -2.18. The number of nitrogens with zero attached hydrogens (tertiary/aromatic N) is 2. The van der Waals surface area contributed by atoms with Crippen molar-refractivity contribution < 1.29 is 9.90 Å². The van der Waals surface area contributed by atoms with E-state index in [1.165, 1.54) is 0 Å². The van der Waals surface area contributed by atoms with Crippen LogP contribution in [0.4, 0.5) is 5.69 Å². The second-order valence-corrected chi connectivity index (χ2v) is 6.18. The van der Waals surface area contributed by atoms with Gasteiger partial charge in [-0.05, 0) is 56.4 Å². The molecule has 2 N–H and O–H groups in total. The summed E-state index contributed by atoms with van der Waals surface area (Å²) < 4.78 is 0. The molecule has 22 heavy (non-hydrogen) atoms. The van der Waals surface area contributed by atoms with Gasteiger partial charge in [-0.15, -0.1) is 0 Å². The number of carbonyl (C=O) groups is 1. The first-order valence-electron chi connectivity index (χ1n) is 8.01. The molecule has 0 radical (unpaired) electrons. The average Bonchev–Trinajstić information content (AvgIpc) is 3.28. The van der Waals surface area contributed by atoms with Crippen LogP contribution in [0.3, 0.4) is 0 Å². The number of nitrogens with one attached hydrogen (secondary N) is 1. The minimum atomic E-state index is -0.0574. The molecule has 118 valence electrons. The summed E-state index contributed by atoms with van der Waals surface area (Å²) in [6.45, 7) is 3.05. The van der Waals surface area contributed by atoms with E-state index in [-0.39, 0.29) is 18.6 Å². The van der Waals surface area contributed by atoms with E-state index in [4.69, 9.17) is 5.11 Å². The summed E-state index contributed by atoms with van der Waals surface area (Å²) >= 11 is 0. The SMILES string of the molecule is CC1=NN(c2ccc(C(=O)NC(CCO)C3CC3)cc2)CC1. The molecule has 5 heteroatoms. The van der Waals surface area contributed by atoms with Crippen LogP contribution in [0.2, 0.25) is 0 Å². The second-order valence-electron chi connectivity index (χ2n) is 6.18. The van der Waals surface area contributed by atoms with Crippen molar-refractivity contribution in [2.75, 3.05) is 18.2 Å². The number of carbonyl (C=O) groups excluding carboxylic acids is 1. The van der Waals surface area contributed by atoms with E-state index in [1.54, 1.807) is 0 Å². The van der Waals surface area contributed by atoms with Crippen LogP contribution >= 0.6 is 0 Å². The van der Waals surface area contributed by atoms with Crippen LogP contribution in [0, 0.1) is 5.92 Å². The largest absolute Gasteiger partial charge is 0.396 e. The number of aliphatic hydroxyl groups excluding tert-OH is 1. The van der Waals surface area contributed by atoms with Crippen molar-refractivity contribution in [3.8, 4) is 0 Å². The highest BCUT2D eigenvalue weighted by molar-refractivity contribution is 5.95.